The largest absolute Gasteiger partial charge is 0.431 e. The van der Waals surface area contributed by atoms with Crippen molar-refractivity contribution in [2.45, 2.75) is 6.18 Å². The Balaban J connectivity index is 2.24. The number of nitrogens with two attached hydrogens (primary N) is 1. The molecule has 1 aromatic carbocycles. The quantitative estimate of drug-likeness (QED) is 0.542. The Morgan fingerprint density at radius 3 is 2.33 bits per heavy atom. The summed E-state index contributed by atoms with van der Waals surface area (Å²) in [6.45, 7) is 0. The van der Waals surface area contributed by atoms with Crippen LogP contribution >= 0.6 is 0 Å². The average Bonchev–Trinajstić information content (AvgIpc) is 3.04. The number of imidazole rings is 1. The number of rotatable bonds is 3. The molecule has 27 heavy (non-hydrogen) atoms. The van der Waals surface area contributed by atoms with Crippen LogP contribution in [0.2, 0.25) is 0 Å². The number of aromatic nitrogens is 2. The van der Waals surface area contributed by atoms with E-state index in [1.165, 1.54) is 41.1 Å². The van der Waals surface area contributed by atoms with Gasteiger partial charge in [0.1, 0.15) is 28.9 Å². The molecule has 3 rings (SSSR count). The molecule has 0 aliphatic heterocycles. The van der Waals surface area contributed by atoms with Gasteiger partial charge in [-0.15, -0.1) is 0 Å². The maximum atomic E-state index is 13.3. The van der Waals surface area contributed by atoms with E-state index < -0.39 is 29.0 Å². The summed E-state index contributed by atoms with van der Waals surface area (Å²) in [7, 11) is 0. The van der Waals surface area contributed by atoms with Crippen LogP contribution in [0.15, 0.2) is 54.5 Å². The molecule has 0 saturated heterocycles. The summed E-state index contributed by atoms with van der Waals surface area (Å²) < 4.78 is 54.4. The third-order valence-electron chi connectivity index (χ3n) is 3.87. The van der Waals surface area contributed by atoms with Gasteiger partial charge in [-0.25, -0.2) is 9.37 Å². The Bertz CT molecular complexity index is 1100. The first-order chi connectivity index (χ1) is 12.7. The normalized spacial score (nSPS) is 12.6. The van der Waals surface area contributed by atoms with Crippen LogP contribution in [0.1, 0.15) is 16.8 Å². The minimum absolute atomic E-state index is 0.0267. The van der Waals surface area contributed by atoms with Crippen LogP contribution in [0.4, 0.5) is 17.6 Å². The summed E-state index contributed by atoms with van der Waals surface area (Å²) in [6, 6.07) is 9.09. The Morgan fingerprint density at radius 2 is 1.74 bits per heavy atom. The second kappa shape index (κ2) is 6.57. The number of allylic oxidation sites excluding steroid dienone is 2. The molecule has 0 aliphatic carbocycles. The van der Waals surface area contributed by atoms with Gasteiger partial charge in [0, 0.05) is 22.9 Å². The maximum absolute atomic E-state index is 13.3. The molecule has 9 heteroatoms. The lowest BCUT2D eigenvalue weighted by atomic mass is 9.95. The van der Waals surface area contributed by atoms with E-state index in [0.29, 0.717) is 5.65 Å². The van der Waals surface area contributed by atoms with Crippen LogP contribution in [0.5, 0.6) is 0 Å². The van der Waals surface area contributed by atoms with Crippen molar-refractivity contribution < 1.29 is 17.6 Å². The van der Waals surface area contributed by atoms with E-state index in [1.807, 2.05) is 6.07 Å². The number of hydrogen-bond donors (Lipinski definition) is 2. The van der Waals surface area contributed by atoms with Crippen LogP contribution in [0.3, 0.4) is 0 Å². The fourth-order valence-electron chi connectivity index (χ4n) is 2.55. The van der Waals surface area contributed by atoms with Crippen molar-refractivity contribution in [3.63, 3.8) is 0 Å². The highest BCUT2D eigenvalue weighted by atomic mass is 19.4. The monoisotopic (exact) mass is 373 g/mol. The molecule has 0 amide bonds. The number of nitriles is 1. The van der Waals surface area contributed by atoms with Gasteiger partial charge in [-0.3, -0.25) is 9.81 Å². The number of halogens is 4. The van der Waals surface area contributed by atoms with Gasteiger partial charge in [-0.1, -0.05) is 0 Å². The highest BCUT2D eigenvalue weighted by Gasteiger charge is 2.36. The van der Waals surface area contributed by atoms with Gasteiger partial charge in [0.15, 0.2) is 0 Å². The molecule has 0 bridgehead atoms. The first-order valence-electron chi connectivity index (χ1n) is 7.51. The van der Waals surface area contributed by atoms with Crippen molar-refractivity contribution in [1.29, 1.82) is 10.7 Å². The summed E-state index contributed by atoms with van der Waals surface area (Å²) in [5.74, 6) is -0.584. The van der Waals surface area contributed by atoms with E-state index in [4.69, 9.17) is 16.4 Å². The lowest BCUT2D eigenvalue weighted by Crippen LogP contribution is -2.24. The minimum atomic E-state index is -4.89. The zero-order valence-corrected chi connectivity index (χ0v) is 13.5. The van der Waals surface area contributed by atoms with Gasteiger partial charge in [0.05, 0.1) is 11.9 Å². The fraction of sp³-hybridized carbons (Fsp3) is 0.0556. The molecule has 0 aliphatic rings. The van der Waals surface area contributed by atoms with Crippen LogP contribution < -0.4 is 5.73 Å². The molecule has 2 heterocycles. The first-order valence-corrected chi connectivity index (χ1v) is 7.51. The van der Waals surface area contributed by atoms with Crippen molar-refractivity contribution in [3.8, 4) is 6.07 Å². The topological polar surface area (TPSA) is 91.0 Å². The minimum Gasteiger partial charge on any atom is -0.394 e. The zero-order valence-electron chi connectivity index (χ0n) is 13.5. The molecule has 5 nitrogen and oxygen atoms in total. The molecule has 0 unspecified atom stereocenters. The molecular formula is C18H11F4N5. The Hall–Kier alpha value is -3.67. The highest BCUT2D eigenvalue weighted by molar-refractivity contribution is 6.31. The van der Waals surface area contributed by atoms with Gasteiger partial charge >= 0.3 is 6.18 Å². The highest BCUT2D eigenvalue weighted by Crippen LogP contribution is 2.31. The van der Waals surface area contributed by atoms with Crippen molar-refractivity contribution in [1.82, 2.24) is 9.38 Å². The van der Waals surface area contributed by atoms with Crippen LogP contribution in [-0.2, 0) is 0 Å². The zero-order chi connectivity index (χ0) is 19.8. The van der Waals surface area contributed by atoms with Gasteiger partial charge in [0.25, 0.3) is 0 Å². The molecule has 3 aromatic rings. The molecule has 0 fully saturated rings. The molecule has 2 aromatic heterocycles. The second-order valence-corrected chi connectivity index (χ2v) is 5.57. The molecular weight excluding hydrogens is 362 g/mol. The van der Waals surface area contributed by atoms with Crippen molar-refractivity contribution >= 4 is 16.9 Å². The summed E-state index contributed by atoms with van der Waals surface area (Å²) in [5, 5.41) is 17.3. The average molecular weight is 373 g/mol. The Kier molecular flexibility index (Phi) is 4.41. The van der Waals surface area contributed by atoms with E-state index in [-0.39, 0.29) is 16.8 Å². The van der Waals surface area contributed by atoms with Crippen molar-refractivity contribution in [2.75, 3.05) is 0 Å². The van der Waals surface area contributed by atoms with Crippen LogP contribution in [0, 0.1) is 22.6 Å². The van der Waals surface area contributed by atoms with Gasteiger partial charge < -0.3 is 5.73 Å². The Morgan fingerprint density at radius 1 is 1.11 bits per heavy atom. The molecule has 0 atom stereocenters. The number of fused-ring (bicyclic) bond motifs is 1. The maximum Gasteiger partial charge on any atom is 0.431 e. The standard InChI is InChI=1S/C18H11F4N5/c19-12-4-1-10(2-5-12)16(24)15(17(25)18(20,21)22)11-3-6-14-26-8-13(7-23)27(14)9-11/h1-6,8-9,24H,25H2. The fourth-order valence-corrected chi connectivity index (χ4v) is 2.55. The molecule has 0 saturated carbocycles. The van der Waals surface area contributed by atoms with Gasteiger partial charge in [-0.05, 0) is 36.4 Å². The first kappa shape index (κ1) is 18.1. The summed E-state index contributed by atoms with van der Waals surface area (Å²) in [4.78, 5) is 3.97. The van der Waals surface area contributed by atoms with E-state index in [2.05, 4.69) is 4.98 Å². The van der Waals surface area contributed by atoms with E-state index >= 15 is 0 Å². The van der Waals surface area contributed by atoms with E-state index in [1.54, 1.807) is 0 Å². The number of hydrogen-bond acceptors (Lipinski definition) is 4. The number of nitrogens with zero attached hydrogens (tertiary/aromatic N) is 3. The molecule has 3 N–H and O–H groups in total. The summed E-state index contributed by atoms with van der Waals surface area (Å²) >= 11 is 0. The van der Waals surface area contributed by atoms with Crippen LogP contribution in [0.25, 0.3) is 11.2 Å². The lowest BCUT2D eigenvalue weighted by Gasteiger charge is -2.16. The van der Waals surface area contributed by atoms with E-state index in [0.717, 1.165) is 12.1 Å². The predicted molar refractivity (Wildman–Crippen MR) is 90.3 cm³/mol. The van der Waals surface area contributed by atoms with Crippen LogP contribution in [-0.4, -0.2) is 21.3 Å². The molecule has 0 radical (unpaired) electrons. The second-order valence-electron chi connectivity index (χ2n) is 5.57. The Labute approximate surface area is 150 Å². The number of nitrogens with one attached hydrogen (secondary N) is 1. The van der Waals surface area contributed by atoms with Crippen molar-refractivity contribution in [2.24, 2.45) is 5.73 Å². The van der Waals surface area contributed by atoms with Gasteiger partial charge in [0.2, 0.25) is 0 Å². The number of benzene rings is 1. The summed E-state index contributed by atoms with van der Waals surface area (Å²) in [5.41, 5.74) is 3.28. The smallest absolute Gasteiger partial charge is 0.394 e. The predicted octanol–water partition coefficient (Wildman–Crippen LogP) is 3.65. The molecule has 0 spiro atoms. The van der Waals surface area contributed by atoms with Crippen molar-refractivity contribution in [3.05, 3.63) is 77.1 Å². The summed E-state index contributed by atoms with van der Waals surface area (Å²) in [6.07, 6.45) is -2.35. The molecule has 136 valence electrons. The lowest BCUT2D eigenvalue weighted by molar-refractivity contribution is -0.0919. The van der Waals surface area contributed by atoms with Gasteiger partial charge in [-0.2, -0.15) is 18.4 Å². The third-order valence-corrected chi connectivity index (χ3v) is 3.87. The van der Waals surface area contributed by atoms with E-state index in [9.17, 15) is 17.6 Å². The number of pyridine rings is 1. The third kappa shape index (κ3) is 3.37. The number of alkyl halides is 3. The SMILES string of the molecule is N#Cc1cnc2ccc(C(C(=N)c3ccc(F)cc3)=C(N)C(F)(F)F)cn12.